The third-order valence-electron chi connectivity index (χ3n) is 3.57. The van der Waals surface area contributed by atoms with Gasteiger partial charge >= 0.3 is 23.9 Å². The highest BCUT2D eigenvalue weighted by molar-refractivity contribution is 5.85. The average molecular weight is 286 g/mol. The van der Waals surface area contributed by atoms with Gasteiger partial charge < -0.3 is 0 Å². The molecule has 2 unspecified atom stereocenters. The maximum atomic E-state index is 11.7. The molecular formula is C10H18N6O4+2. The zero-order valence-corrected chi connectivity index (χ0v) is 11.1. The first-order valence-corrected chi connectivity index (χ1v) is 6.60. The topological polar surface area (TPSA) is 122 Å². The van der Waals surface area contributed by atoms with E-state index < -0.39 is 29.8 Å². The third kappa shape index (κ3) is 2.53. The highest BCUT2D eigenvalue weighted by atomic mass is 16.4. The molecule has 4 N–H and O–H groups in total. The van der Waals surface area contributed by atoms with Crippen LogP contribution in [0.25, 0.3) is 0 Å². The summed E-state index contributed by atoms with van der Waals surface area (Å²) in [5.74, 6) is -1.76. The lowest BCUT2D eigenvalue weighted by atomic mass is 9.86. The van der Waals surface area contributed by atoms with E-state index in [1.807, 2.05) is 6.92 Å². The Morgan fingerprint density at radius 3 is 1.85 bits per heavy atom. The molecule has 0 aromatic carbocycles. The van der Waals surface area contributed by atoms with Crippen molar-refractivity contribution in [3.05, 3.63) is 9.81 Å². The van der Waals surface area contributed by atoms with Crippen molar-refractivity contribution >= 4 is 11.8 Å². The number of rotatable bonds is 6. The van der Waals surface area contributed by atoms with Crippen molar-refractivity contribution in [1.29, 1.82) is 0 Å². The molecule has 2 saturated heterocycles. The fraction of sp³-hybridized carbons (Fsp3) is 0.800. The van der Waals surface area contributed by atoms with Crippen molar-refractivity contribution in [2.75, 3.05) is 0 Å². The van der Waals surface area contributed by atoms with Crippen LogP contribution >= 0.6 is 0 Å². The van der Waals surface area contributed by atoms with Gasteiger partial charge in [0.2, 0.25) is 0 Å². The SMILES string of the molecule is CCCCCC(C1C(=O)NN[N+]1=O)C1C(=O)NN[N+]1=O. The van der Waals surface area contributed by atoms with E-state index in [0.29, 0.717) is 16.2 Å². The van der Waals surface area contributed by atoms with E-state index in [9.17, 15) is 19.4 Å². The van der Waals surface area contributed by atoms with E-state index >= 15 is 0 Å². The van der Waals surface area contributed by atoms with Gasteiger partial charge in [-0.05, 0) is 6.42 Å². The molecule has 0 bridgehead atoms. The van der Waals surface area contributed by atoms with Crippen LogP contribution in [-0.2, 0) is 9.59 Å². The Labute approximate surface area is 114 Å². The van der Waals surface area contributed by atoms with Gasteiger partial charge in [0, 0.05) is 0 Å². The Balaban J connectivity index is 2.19. The van der Waals surface area contributed by atoms with E-state index in [2.05, 4.69) is 21.9 Å². The summed E-state index contributed by atoms with van der Waals surface area (Å²) in [6.45, 7) is 2.02. The standard InChI is InChI=1S/C10H16N6O4/c1-2-3-4-5-6(7-9(17)11-13-15(7)19)8-10(18)12-14-16(8)20/h6-8H,2-5H2,1H3,(H2-2,11,12,13,14,17,18,19,20)/p+2. The number of nitroso groups, excluding NO2 is 2. The normalized spacial score (nSPS) is 26.9. The van der Waals surface area contributed by atoms with Crippen molar-refractivity contribution in [3.63, 3.8) is 0 Å². The van der Waals surface area contributed by atoms with Crippen molar-refractivity contribution in [2.45, 2.75) is 44.7 Å². The number of unbranched alkanes of at least 4 members (excludes halogenated alkanes) is 2. The molecule has 10 heteroatoms. The Bertz CT molecular complexity index is 385. The molecule has 0 aliphatic carbocycles. The lowest BCUT2D eigenvalue weighted by molar-refractivity contribution is -0.657. The second-order valence-corrected chi connectivity index (χ2v) is 4.90. The van der Waals surface area contributed by atoms with Gasteiger partial charge in [0.05, 0.1) is 9.81 Å². The number of hydrogen-bond acceptors (Lipinski definition) is 4. The first kappa shape index (κ1) is 14.2. The average Bonchev–Trinajstić information content (AvgIpc) is 2.91. The van der Waals surface area contributed by atoms with Crippen molar-refractivity contribution in [3.8, 4) is 0 Å². The number of nitrogens with zero attached hydrogens (tertiary/aromatic N) is 2. The minimum atomic E-state index is -1.10. The number of carbonyl (C=O) groups is 2. The van der Waals surface area contributed by atoms with Gasteiger partial charge in [-0.15, -0.1) is 0 Å². The molecule has 2 heterocycles. The predicted octanol–water partition coefficient (Wildman–Crippen LogP) is -1.42. The number of amides is 2. The molecule has 0 saturated carbocycles. The molecule has 2 amide bonds. The van der Waals surface area contributed by atoms with Crippen LogP contribution in [0.1, 0.15) is 32.6 Å². The zero-order valence-electron chi connectivity index (χ0n) is 11.1. The van der Waals surface area contributed by atoms with Crippen LogP contribution in [-0.4, -0.2) is 33.6 Å². The summed E-state index contributed by atoms with van der Waals surface area (Å²) in [4.78, 5) is 47.6. The first-order chi connectivity index (χ1) is 9.56. The smallest absolute Gasteiger partial charge is 0.265 e. The lowest BCUT2D eigenvalue weighted by Gasteiger charge is -2.12. The van der Waals surface area contributed by atoms with Crippen LogP contribution < -0.4 is 21.9 Å². The van der Waals surface area contributed by atoms with Crippen molar-refractivity contribution in [2.24, 2.45) is 5.92 Å². The Morgan fingerprint density at radius 2 is 1.50 bits per heavy atom. The van der Waals surface area contributed by atoms with E-state index in [1.165, 1.54) is 0 Å². The van der Waals surface area contributed by atoms with Crippen LogP contribution in [0.3, 0.4) is 0 Å². The van der Waals surface area contributed by atoms with Gasteiger partial charge in [-0.1, -0.05) is 37.3 Å². The molecule has 0 aromatic rings. The molecule has 2 aliphatic rings. The summed E-state index contributed by atoms with van der Waals surface area (Å²) in [6.07, 6.45) is 3.03. The molecule has 0 radical (unpaired) electrons. The molecular weight excluding hydrogens is 268 g/mol. The van der Waals surface area contributed by atoms with Crippen LogP contribution in [0.5, 0.6) is 0 Å². The van der Waals surface area contributed by atoms with E-state index in [1.54, 1.807) is 0 Å². The summed E-state index contributed by atoms with van der Waals surface area (Å²) >= 11 is 0. The minimum absolute atomic E-state index is 0.360. The molecule has 20 heavy (non-hydrogen) atoms. The van der Waals surface area contributed by atoms with Crippen molar-refractivity contribution in [1.82, 2.24) is 21.9 Å². The molecule has 0 spiro atoms. The molecule has 10 nitrogen and oxygen atoms in total. The number of nitrogens with one attached hydrogen (secondary N) is 4. The van der Waals surface area contributed by atoms with Gasteiger partial charge in [0.15, 0.2) is 0 Å². The summed E-state index contributed by atoms with van der Waals surface area (Å²) in [5.41, 5.74) is 8.69. The molecule has 110 valence electrons. The largest absolute Gasteiger partial charge is 0.324 e. The maximum absolute atomic E-state index is 11.7. The lowest BCUT2D eigenvalue weighted by Crippen LogP contribution is -2.46. The van der Waals surface area contributed by atoms with Gasteiger partial charge in [-0.25, -0.2) is 10.9 Å². The Morgan fingerprint density at radius 1 is 1.00 bits per heavy atom. The van der Waals surface area contributed by atoms with E-state index in [0.717, 1.165) is 19.3 Å². The highest BCUT2D eigenvalue weighted by Crippen LogP contribution is 2.24. The number of hydrazine groups is 4. The van der Waals surface area contributed by atoms with Gasteiger partial charge in [0.25, 0.3) is 0 Å². The number of carbonyl (C=O) groups excluding carboxylic acids is 2. The fourth-order valence-electron chi connectivity index (χ4n) is 2.58. The predicted molar refractivity (Wildman–Crippen MR) is 65.0 cm³/mol. The van der Waals surface area contributed by atoms with Crippen LogP contribution in [0.2, 0.25) is 0 Å². The van der Waals surface area contributed by atoms with Crippen LogP contribution in [0, 0.1) is 15.7 Å². The third-order valence-corrected chi connectivity index (χ3v) is 3.57. The molecule has 2 atom stereocenters. The summed E-state index contributed by atoms with van der Waals surface area (Å²) in [7, 11) is 0. The van der Waals surface area contributed by atoms with Crippen LogP contribution in [0.4, 0.5) is 0 Å². The van der Waals surface area contributed by atoms with Crippen molar-refractivity contribution < 1.29 is 19.3 Å². The monoisotopic (exact) mass is 286 g/mol. The highest BCUT2D eigenvalue weighted by Gasteiger charge is 2.60. The molecule has 0 aromatic heterocycles. The van der Waals surface area contributed by atoms with Gasteiger partial charge in [-0.2, -0.15) is 0 Å². The first-order valence-electron chi connectivity index (χ1n) is 6.60. The maximum Gasteiger partial charge on any atom is 0.324 e. The van der Waals surface area contributed by atoms with Gasteiger partial charge in [-0.3, -0.25) is 9.59 Å². The summed E-state index contributed by atoms with van der Waals surface area (Å²) in [5, 5.41) is 0. The number of hydrogen-bond donors (Lipinski definition) is 4. The molecule has 2 aliphatic heterocycles. The minimum Gasteiger partial charge on any atom is -0.265 e. The zero-order chi connectivity index (χ0) is 14.7. The summed E-state index contributed by atoms with van der Waals surface area (Å²) in [6, 6.07) is -2.20. The van der Waals surface area contributed by atoms with E-state index in [-0.39, 0.29) is 0 Å². The summed E-state index contributed by atoms with van der Waals surface area (Å²) < 4.78 is 0. The van der Waals surface area contributed by atoms with Crippen LogP contribution in [0.15, 0.2) is 0 Å². The fourth-order valence-corrected chi connectivity index (χ4v) is 2.58. The quantitative estimate of drug-likeness (QED) is 0.351. The molecule has 2 rings (SSSR count). The second kappa shape index (κ2) is 5.80. The second-order valence-electron chi connectivity index (χ2n) is 4.90. The van der Waals surface area contributed by atoms with E-state index in [4.69, 9.17) is 0 Å². The Kier molecular flexibility index (Phi) is 4.11. The van der Waals surface area contributed by atoms with Gasteiger partial charge in [0.1, 0.15) is 15.7 Å². The Hall–Kier alpha value is -2.26. The molecule has 2 fully saturated rings.